The van der Waals surface area contributed by atoms with E-state index in [0.717, 1.165) is 11.1 Å². The molecule has 0 bridgehead atoms. The third-order valence-electron chi connectivity index (χ3n) is 5.96. The summed E-state index contributed by atoms with van der Waals surface area (Å²) in [5, 5.41) is 10.4. The van der Waals surface area contributed by atoms with Crippen LogP contribution in [0.5, 0.6) is 5.75 Å². The molecule has 1 N–H and O–H groups in total. The van der Waals surface area contributed by atoms with Crippen molar-refractivity contribution in [1.29, 1.82) is 0 Å². The molecule has 4 nitrogen and oxygen atoms in total. The van der Waals surface area contributed by atoms with Gasteiger partial charge in [-0.25, -0.2) is 4.39 Å². The summed E-state index contributed by atoms with van der Waals surface area (Å²) in [6.07, 6.45) is 0.324. The molecule has 1 unspecified atom stereocenters. The predicted octanol–water partition coefficient (Wildman–Crippen LogP) is 4.63. The van der Waals surface area contributed by atoms with Crippen molar-refractivity contribution in [2.75, 3.05) is 19.6 Å². The molecule has 0 spiro atoms. The van der Waals surface area contributed by atoms with E-state index in [2.05, 4.69) is 0 Å². The molecule has 0 aromatic heterocycles. The van der Waals surface area contributed by atoms with Crippen LogP contribution in [0, 0.1) is 0 Å². The maximum absolute atomic E-state index is 14.9. The Kier molecular flexibility index (Phi) is 6.00. The minimum Gasteiger partial charge on any atom is -0.508 e. The summed E-state index contributed by atoms with van der Waals surface area (Å²) in [6.45, 7) is 2.07. The van der Waals surface area contributed by atoms with Crippen LogP contribution in [0.2, 0.25) is 10.0 Å². The molecule has 1 amide bonds. The van der Waals surface area contributed by atoms with E-state index in [9.17, 15) is 14.3 Å². The van der Waals surface area contributed by atoms with E-state index in [4.69, 9.17) is 23.2 Å². The van der Waals surface area contributed by atoms with Gasteiger partial charge in [0.15, 0.2) is 0 Å². The molecule has 0 saturated carbocycles. The normalized spacial score (nSPS) is 25.6. The first-order chi connectivity index (χ1) is 13.9. The van der Waals surface area contributed by atoms with Crippen molar-refractivity contribution in [1.82, 2.24) is 9.80 Å². The number of phenols is 1. The summed E-state index contributed by atoms with van der Waals surface area (Å²) in [5.41, 5.74) is 1.83. The zero-order valence-electron chi connectivity index (χ0n) is 15.9. The van der Waals surface area contributed by atoms with Crippen molar-refractivity contribution in [2.45, 2.75) is 37.5 Å². The number of hydrogen-bond acceptors (Lipinski definition) is 3. The molecule has 0 aliphatic carbocycles. The molecular weight excluding hydrogens is 414 g/mol. The number of halogens is 3. The molecule has 0 radical (unpaired) electrons. The number of amides is 1. The summed E-state index contributed by atoms with van der Waals surface area (Å²) >= 11 is 12.0. The molecule has 29 heavy (non-hydrogen) atoms. The van der Waals surface area contributed by atoms with Gasteiger partial charge in [0.25, 0.3) is 0 Å². The fourth-order valence-electron chi connectivity index (χ4n) is 4.39. The van der Waals surface area contributed by atoms with Gasteiger partial charge in [-0.15, -0.1) is 0 Å². The van der Waals surface area contributed by atoms with Crippen LogP contribution in [0.25, 0.3) is 0 Å². The molecule has 4 rings (SSSR count). The predicted molar refractivity (Wildman–Crippen MR) is 112 cm³/mol. The number of likely N-dealkylation sites (tertiary alicyclic amines) is 2. The highest BCUT2D eigenvalue weighted by molar-refractivity contribution is 6.42. The molecule has 2 aliphatic heterocycles. The Morgan fingerprint density at radius 1 is 1.03 bits per heavy atom. The highest BCUT2D eigenvalue weighted by Crippen LogP contribution is 2.34. The number of nitrogens with zero attached hydrogens (tertiary/aromatic N) is 2. The van der Waals surface area contributed by atoms with Crippen LogP contribution >= 0.6 is 23.2 Å². The van der Waals surface area contributed by atoms with Gasteiger partial charge in [-0.2, -0.15) is 0 Å². The largest absolute Gasteiger partial charge is 0.508 e. The van der Waals surface area contributed by atoms with Gasteiger partial charge in [-0.3, -0.25) is 9.69 Å². The molecule has 2 aliphatic rings. The molecule has 2 fully saturated rings. The lowest BCUT2D eigenvalue weighted by Gasteiger charge is -2.37. The van der Waals surface area contributed by atoms with E-state index in [1.165, 1.54) is 0 Å². The van der Waals surface area contributed by atoms with Gasteiger partial charge in [0.1, 0.15) is 11.9 Å². The van der Waals surface area contributed by atoms with Gasteiger partial charge in [0, 0.05) is 25.6 Å². The van der Waals surface area contributed by atoms with Gasteiger partial charge in [0.05, 0.1) is 16.1 Å². The number of rotatable bonds is 4. The topological polar surface area (TPSA) is 43.8 Å². The highest BCUT2D eigenvalue weighted by Gasteiger charge is 2.40. The summed E-state index contributed by atoms with van der Waals surface area (Å²) in [7, 11) is 0. The van der Waals surface area contributed by atoms with Gasteiger partial charge >= 0.3 is 0 Å². The number of hydrogen-bond donors (Lipinski definition) is 1. The first kappa shape index (κ1) is 20.5. The van der Waals surface area contributed by atoms with Crippen molar-refractivity contribution in [3.63, 3.8) is 0 Å². The molecule has 154 valence electrons. The van der Waals surface area contributed by atoms with Gasteiger partial charge in [0.2, 0.25) is 5.91 Å². The number of aromatic hydroxyl groups is 1. The van der Waals surface area contributed by atoms with Crippen molar-refractivity contribution in [3.05, 3.63) is 63.6 Å². The Hall–Kier alpha value is -1.82. The number of carbonyl (C=O) groups is 1. The summed E-state index contributed by atoms with van der Waals surface area (Å²) in [4.78, 5) is 16.7. The van der Waals surface area contributed by atoms with Crippen LogP contribution in [0.15, 0.2) is 42.5 Å². The molecular formula is C22H23Cl2FN2O2. The van der Waals surface area contributed by atoms with Gasteiger partial charge in [-0.05, 0) is 54.8 Å². The zero-order chi connectivity index (χ0) is 20.5. The quantitative estimate of drug-likeness (QED) is 0.759. The van der Waals surface area contributed by atoms with E-state index >= 15 is 0 Å². The minimum absolute atomic E-state index is 0.0476. The molecule has 2 aromatic rings. The van der Waals surface area contributed by atoms with Crippen molar-refractivity contribution in [2.24, 2.45) is 0 Å². The lowest BCUT2D eigenvalue weighted by Crippen LogP contribution is -2.49. The average Bonchev–Trinajstić information content (AvgIpc) is 3.06. The molecule has 2 aromatic carbocycles. The van der Waals surface area contributed by atoms with Gasteiger partial charge < -0.3 is 10.0 Å². The van der Waals surface area contributed by atoms with E-state index < -0.39 is 6.17 Å². The summed E-state index contributed by atoms with van der Waals surface area (Å²) < 4.78 is 14.9. The lowest BCUT2D eigenvalue weighted by atomic mass is 9.87. The maximum atomic E-state index is 14.9. The Morgan fingerprint density at radius 3 is 2.48 bits per heavy atom. The highest BCUT2D eigenvalue weighted by atomic mass is 35.5. The number of piperidine rings is 1. The van der Waals surface area contributed by atoms with E-state index in [0.29, 0.717) is 42.5 Å². The van der Waals surface area contributed by atoms with Gasteiger partial charge in [-0.1, -0.05) is 41.4 Å². The molecule has 2 saturated heterocycles. The monoisotopic (exact) mass is 436 g/mol. The first-order valence-electron chi connectivity index (χ1n) is 9.82. The van der Waals surface area contributed by atoms with Crippen LogP contribution in [-0.2, 0) is 11.3 Å². The van der Waals surface area contributed by atoms with Crippen LogP contribution in [-0.4, -0.2) is 52.7 Å². The van der Waals surface area contributed by atoms with Crippen LogP contribution in [0.1, 0.15) is 29.9 Å². The lowest BCUT2D eigenvalue weighted by molar-refractivity contribution is -0.133. The number of benzene rings is 2. The maximum Gasteiger partial charge on any atom is 0.240 e. The minimum atomic E-state index is -1.04. The van der Waals surface area contributed by atoms with Crippen LogP contribution in [0.4, 0.5) is 4.39 Å². The van der Waals surface area contributed by atoms with Crippen LogP contribution in [0.3, 0.4) is 0 Å². The van der Waals surface area contributed by atoms with Crippen LogP contribution < -0.4 is 0 Å². The average molecular weight is 437 g/mol. The Balaban J connectivity index is 1.38. The van der Waals surface area contributed by atoms with Crippen molar-refractivity contribution >= 4 is 29.1 Å². The Morgan fingerprint density at radius 2 is 1.79 bits per heavy atom. The second-order valence-electron chi connectivity index (χ2n) is 7.81. The van der Waals surface area contributed by atoms with Crippen molar-refractivity contribution in [3.8, 4) is 5.75 Å². The fourth-order valence-corrected chi connectivity index (χ4v) is 4.71. The molecule has 3 atom stereocenters. The van der Waals surface area contributed by atoms with E-state index in [1.54, 1.807) is 36.4 Å². The van der Waals surface area contributed by atoms with E-state index in [-0.39, 0.29) is 30.2 Å². The fraction of sp³-hybridized carbons (Fsp3) is 0.409. The second-order valence-corrected chi connectivity index (χ2v) is 8.62. The number of carbonyl (C=O) groups excluding carboxylic acids is 1. The molecule has 2 heterocycles. The Bertz CT molecular complexity index is 893. The third-order valence-corrected chi connectivity index (χ3v) is 6.70. The number of phenolic OH excluding ortho intramolecular Hbond substituents is 1. The summed E-state index contributed by atoms with van der Waals surface area (Å²) in [6, 6.07) is 11.9. The first-order valence-corrected chi connectivity index (χ1v) is 10.6. The third kappa shape index (κ3) is 4.37. The second kappa shape index (κ2) is 8.50. The standard InChI is InChI=1S/C22H23Cl2FN2O2/c23-18-6-1-14(11-19(18)24)12-27-10-8-21(22(27)29)26-9-7-17(20(25)13-26)15-2-4-16(28)5-3-15/h1-6,11,17,20-21,28H,7-10,12-13H2/t17-,20+,21?/m0/s1. The smallest absolute Gasteiger partial charge is 0.240 e. The van der Waals surface area contributed by atoms with Crippen molar-refractivity contribution < 1.29 is 14.3 Å². The number of alkyl halides is 1. The SMILES string of the molecule is O=C1C(N2CC[C@@H](c3ccc(O)cc3)[C@H](F)C2)CCN1Cc1ccc(Cl)c(Cl)c1. The summed E-state index contributed by atoms with van der Waals surface area (Å²) in [5.74, 6) is 0.0298. The molecule has 7 heteroatoms. The van der Waals surface area contributed by atoms with E-state index in [1.807, 2.05) is 15.9 Å². The zero-order valence-corrected chi connectivity index (χ0v) is 17.4. The Labute approximate surface area is 179 Å².